The van der Waals surface area contributed by atoms with Crippen molar-refractivity contribution in [1.29, 1.82) is 0 Å². The summed E-state index contributed by atoms with van der Waals surface area (Å²) in [6.07, 6.45) is 2.94. The quantitative estimate of drug-likeness (QED) is 0.315. The molecule has 0 aliphatic heterocycles. The lowest BCUT2D eigenvalue weighted by atomic mass is 10.2. The Hall–Kier alpha value is -2.90. The maximum absolute atomic E-state index is 12.2. The fourth-order valence-corrected chi connectivity index (χ4v) is 4.27. The van der Waals surface area contributed by atoms with Gasteiger partial charge in [-0.25, -0.2) is 18.2 Å². The third-order valence-corrected chi connectivity index (χ3v) is 6.35. The molecule has 2 heterocycles. The number of sulfonamides is 1. The van der Waals surface area contributed by atoms with E-state index in [0.717, 1.165) is 42.3 Å². The number of anilines is 1. The van der Waals surface area contributed by atoms with Gasteiger partial charge in [-0.2, -0.15) is 5.10 Å². The lowest BCUT2D eigenvalue weighted by molar-refractivity contribution is -0.113. The second-order valence-corrected chi connectivity index (χ2v) is 8.97. The number of carbonyl (C=O) groups excluding carboxylic acids is 1. The zero-order chi connectivity index (χ0) is 20.6. The number of aryl methyl sites for hydroxylation is 1. The van der Waals surface area contributed by atoms with Crippen molar-refractivity contribution < 1.29 is 13.2 Å². The van der Waals surface area contributed by atoms with Crippen molar-refractivity contribution in [2.45, 2.75) is 29.3 Å². The zero-order valence-electron chi connectivity index (χ0n) is 15.1. The molecule has 29 heavy (non-hydrogen) atoms. The number of thioether (sulfide) groups is 1. The molecule has 4 rings (SSSR count). The molecule has 1 amide bonds. The van der Waals surface area contributed by atoms with Crippen LogP contribution in [0.5, 0.6) is 0 Å². The molecule has 13 heteroatoms. The number of hydrogen-bond acceptors (Lipinski definition) is 8. The number of amides is 1. The summed E-state index contributed by atoms with van der Waals surface area (Å²) < 4.78 is 23.8. The van der Waals surface area contributed by atoms with Crippen LogP contribution in [-0.4, -0.2) is 45.1 Å². The minimum absolute atomic E-state index is 0.0292. The molecule has 0 bridgehead atoms. The van der Waals surface area contributed by atoms with Gasteiger partial charge in [0, 0.05) is 16.9 Å². The van der Waals surface area contributed by atoms with Crippen molar-refractivity contribution in [3.63, 3.8) is 0 Å². The predicted molar refractivity (Wildman–Crippen MR) is 107 cm³/mol. The van der Waals surface area contributed by atoms with E-state index >= 15 is 0 Å². The predicted octanol–water partition coefficient (Wildman–Crippen LogP) is 0.249. The van der Waals surface area contributed by atoms with Gasteiger partial charge in [0.1, 0.15) is 5.69 Å². The number of fused-ring (bicyclic) bond motifs is 1. The molecular formula is C16H18N8O3S2. The highest BCUT2D eigenvalue weighted by atomic mass is 32.2. The summed E-state index contributed by atoms with van der Waals surface area (Å²) in [5.41, 5.74) is 3.36. The number of nitrogen functional groups attached to an aromatic ring is 1. The van der Waals surface area contributed by atoms with Gasteiger partial charge in [-0.1, -0.05) is 11.8 Å². The summed E-state index contributed by atoms with van der Waals surface area (Å²) in [5.74, 6) is 6.30. The van der Waals surface area contributed by atoms with Gasteiger partial charge in [0.2, 0.25) is 26.9 Å². The van der Waals surface area contributed by atoms with E-state index in [1.807, 2.05) is 0 Å². The van der Waals surface area contributed by atoms with Crippen LogP contribution in [0.2, 0.25) is 0 Å². The van der Waals surface area contributed by atoms with E-state index in [1.165, 1.54) is 28.9 Å². The zero-order valence-corrected chi connectivity index (χ0v) is 16.8. The third-order valence-electron chi connectivity index (χ3n) is 4.48. The number of nitrogens with one attached hydrogen (secondary N) is 2. The Kier molecular flexibility index (Phi) is 5.02. The fraction of sp³-hybridized carbons (Fsp3) is 0.250. The molecule has 1 aromatic carbocycles. The van der Waals surface area contributed by atoms with Crippen LogP contribution in [0.4, 0.5) is 5.69 Å². The Morgan fingerprint density at radius 1 is 1.24 bits per heavy atom. The number of carbonyl (C=O) groups is 1. The van der Waals surface area contributed by atoms with Crippen molar-refractivity contribution in [3.05, 3.63) is 35.5 Å². The fourth-order valence-electron chi connectivity index (χ4n) is 3.10. The van der Waals surface area contributed by atoms with Crippen molar-refractivity contribution in [2.75, 3.05) is 16.9 Å². The summed E-state index contributed by atoms with van der Waals surface area (Å²) in [6, 6.07) is 5.57. The van der Waals surface area contributed by atoms with Gasteiger partial charge in [-0.15, -0.1) is 10.2 Å². The number of rotatable bonds is 6. The Morgan fingerprint density at radius 3 is 2.72 bits per heavy atom. The van der Waals surface area contributed by atoms with E-state index in [-0.39, 0.29) is 16.6 Å². The molecule has 3 aromatic rings. The minimum Gasteiger partial charge on any atom is -0.335 e. The standard InChI is InChI=1S/C16H18N8O3S2/c17-24-15(14-11-2-1-3-12(11)20-21-14)22-23-16(24)28-8-13(25)19-9-4-6-10(7-5-9)29(18,26)27/h4-7H,1-3,8,17H2,(H,19,25)(H,20,21)(H2,18,26,27). The van der Waals surface area contributed by atoms with E-state index < -0.39 is 10.0 Å². The van der Waals surface area contributed by atoms with Crippen LogP contribution in [0.1, 0.15) is 17.7 Å². The number of nitrogens with zero attached hydrogens (tertiary/aromatic N) is 4. The van der Waals surface area contributed by atoms with Gasteiger partial charge in [0.15, 0.2) is 0 Å². The third kappa shape index (κ3) is 3.97. The first-order valence-electron chi connectivity index (χ1n) is 8.65. The monoisotopic (exact) mass is 434 g/mol. The van der Waals surface area contributed by atoms with Crippen molar-refractivity contribution in [3.8, 4) is 11.5 Å². The Bertz CT molecular complexity index is 1170. The van der Waals surface area contributed by atoms with E-state index in [0.29, 0.717) is 22.4 Å². The highest BCUT2D eigenvalue weighted by molar-refractivity contribution is 7.99. The molecule has 1 aliphatic rings. The number of benzene rings is 1. The summed E-state index contributed by atoms with van der Waals surface area (Å²) in [4.78, 5) is 12.1. The molecule has 0 radical (unpaired) electrons. The van der Waals surface area contributed by atoms with Crippen LogP contribution in [0, 0.1) is 0 Å². The lowest BCUT2D eigenvalue weighted by Crippen LogP contribution is -2.17. The van der Waals surface area contributed by atoms with Crippen LogP contribution in [0.15, 0.2) is 34.3 Å². The van der Waals surface area contributed by atoms with Crippen LogP contribution in [-0.2, 0) is 27.7 Å². The summed E-state index contributed by atoms with van der Waals surface area (Å²) in [7, 11) is -3.78. The molecule has 0 unspecified atom stereocenters. The molecule has 2 aromatic heterocycles. The number of primary sulfonamides is 1. The average Bonchev–Trinajstić information content (AvgIpc) is 3.36. The Labute approximate surface area is 170 Å². The molecule has 0 saturated carbocycles. The lowest BCUT2D eigenvalue weighted by Gasteiger charge is -2.06. The number of nitrogens with two attached hydrogens (primary N) is 2. The van der Waals surface area contributed by atoms with Gasteiger partial charge in [0.05, 0.1) is 10.6 Å². The molecule has 1 aliphatic carbocycles. The first kappa shape index (κ1) is 19.4. The van der Waals surface area contributed by atoms with Crippen LogP contribution < -0.4 is 16.3 Å². The number of aromatic nitrogens is 5. The molecule has 0 saturated heterocycles. The maximum Gasteiger partial charge on any atom is 0.238 e. The molecule has 0 fully saturated rings. The highest BCUT2D eigenvalue weighted by Crippen LogP contribution is 2.30. The number of hydrogen-bond donors (Lipinski definition) is 4. The van der Waals surface area contributed by atoms with E-state index in [1.54, 1.807) is 0 Å². The van der Waals surface area contributed by atoms with Crippen LogP contribution in [0.25, 0.3) is 11.5 Å². The van der Waals surface area contributed by atoms with Gasteiger partial charge in [-0.3, -0.25) is 9.89 Å². The molecular weight excluding hydrogens is 416 g/mol. The number of H-pyrrole nitrogens is 1. The maximum atomic E-state index is 12.2. The largest absolute Gasteiger partial charge is 0.335 e. The summed E-state index contributed by atoms with van der Waals surface area (Å²) in [5, 5.41) is 23.6. The second-order valence-electron chi connectivity index (χ2n) is 6.47. The van der Waals surface area contributed by atoms with Crippen LogP contribution >= 0.6 is 11.8 Å². The molecule has 6 N–H and O–H groups in total. The molecule has 152 valence electrons. The van der Waals surface area contributed by atoms with Gasteiger partial charge >= 0.3 is 0 Å². The average molecular weight is 435 g/mol. The van der Waals surface area contributed by atoms with Crippen LogP contribution in [0.3, 0.4) is 0 Å². The molecule has 0 spiro atoms. The smallest absolute Gasteiger partial charge is 0.238 e. The van der Waals surface area contributed by atoms with Crippen molar-refractivity contribution in [1.82, 2.24) is 25.1 Å². The van der Waals surface area contributed by atoms with E-state index in [2.05, 4.69) is 25.7 Å². The molecule has 11 nitrogen and oxygen atoms in total. The SMILES string of the molecule is Nn1c(SCC(=O)Nc2ccc(S(N)(=O)=O)cc2)nnc1-c1n[nH]c2c1CCC2. The molecule has 0 atom stereocenters. The first-order chi connectivity index (χ1) is 13.8. The van der Waals surface area contributed by atoms with Crippen molar-refractivity contribution in [2.24, 2.45) is 5.14 Å². The van der Waals surface area contributed by atoms with Gasteiger partial charge in [-0.05, 0) is 43.5 Å². The summed E-state index contributed by atoms with van der Waals surface area (Å²) >= 11 is 1.13. The summed E-state index contributed by atoms with van der Waals surface area (Å²) in [6.45, 7) is 0. The van der Waals surface area contributed by atoms with Gasteiger partial charge in [0.25, 0.3) is 0 Å². The highest BCUT2D eigenvalue weighted by Gasteiger charge is 2.24. The number of aromatic amines is 1. The Balaban J connectivity index is 1.39. The normalized spacial score (nSPS) is 13.4. The van der Waals surface area contributed by atoms with E-state index in [9.17, 15) is 13.2 Å². The minimum atomic E-state index is -3.78. The Morgan fingerprint density at radius 2 is 2.00 bits per heavy atom. The van der Waals surface area contributed by atoms with Gasteiger partial charge < -0.3 is 11.2 Å². The van der Waals surface area contributed by atoms with Crippen molar-refractivity contribution >= 4 is 33.4 Å². The van der Waals surface area contributed by atoms with E-state index in [4.69, 9.17) is 11.0 Å². The topological polar surface area (TPSA) is 175 Å². The first-order valence-corrected chi connectivity index (χ1v) is 11.2. The second kappa shape index (κ2) is 7.50.